The molecule has 23 heavy (non-hydrogen) atoms. The van der Waals surface area contributed by atoms with Crippen molar-refractivity contribution < 1.29 is 8.42 Å². The molecule has 0 aliphatic carbocycles. The molecule has 8 heteroatoms. The Morgan fingerprint density at radius 3 is 2.57 bits per heavy atom. The average molecular weight is 423 g/mol. The zero-order valence-electron chi connectivity index (χ0n) is 13.0. The predicted molar refractivity (Wildman–Crippen MR) is 96.2 cm³/mol. The minimum absolute atomic E-state index is 0. The van der Waals surface area contributed by atoms with Gasteiger partial charge in [0.05, 0.1) is 16.5 Å². The Morgan fingerprint density at radius 2 is 2.00 bits per heavy atom. The van der Waals surface area contributed by atoms with Crippen LogP contribution in [0.2, 0.25) is 0 Å². The summed E-state index contributed by atoms with van der Waals surface area (Å²) in [6.45, 7) is 4.15. The number of sulfonamides is 1. The van der Waals surface area contributed by atoms with Gasteiger partial charge in [0, 0.05) is 17.1 Å². The highest BCUT2D eigenvalue weighted by Crippen LogP contribution is 2.26. The highest BCUT2D eigenvalue weighted by atomic mass is 79.9. The van der Waals surface area contributed by atoms with E-state index in [2.05, 4.69) is 21.2 Å². The minimum Gasteiger partial charge on any atom is -0.317 e. The number of piperidine rings is 1. The molecule has 1 aromatic carbocycles. The summed E-state index contributed by atoms with van der Waals surface area (Å²) in [6.07, 6.45) is 2.40. The van der Waals surface area contributed by atoms with Crippen LogP contribution in [0.1, 0.15) is 31.7 Å². The standard InChI is InChI=1S/C15H20BrN3O2S.ClH/c1-2-7-19(14-3-5-18-6-4-14)22(20,21)15-9-12(11-17)8-13(16)10-15;/h8-10,14,18H,2-7H2,1H3;1H. The zero-order chi connectivity index (χ0) is 16.2. The molecule has 0 aromatic heterocycles. The summed E-state index contributed by atoms with van der Waals surface area (Å²) >= 11 is 3.29. The fourth-order valence-electron chi connectivity index (χ4n) is 2.73. The van der Waals surface area contributed by atoms with Gasteiger partial charge in [-0.15, -0.1) is 12.4 Å². The quantitative estimate of drug-likeness (QED) is 0.792. The summed E-state index contributed by atoms with van der Waals surface area (Å²) in [4.78, 5) is 0.186. The van der Waals surface area contributed by atoms with Gasteiger partial charge in [0.1, 0.15) is 0 Å². The molecule has 1 saturated heterocycles. The lowest BCUT2D eigenvalue weighted by molar-refractivity contribution is 0.262. The molecule has 0 spiro atoms. The van der Waals surface area contributed by atoms with Crippen molar-refractivity contribution >= 4 is 38.4 Å². The van der Waals surface area contributed by atoms with Crippen LogP contribution >= 0.6 is 28.3 Å². The van der Waals surface area contributed by atoms with Crippen molar-refractivity contribution in [1.29, 1.82) is 5.26 Å². The maximum Gasteiger partial charge on any atom is 0.243 e. The van der Waals surface area contributed by atoms with E-state index in [1.807, 2.05) is 13.0 Å². The zero-order valence-corrected chi connectivity index (χ0v) is 16.2. The molecule has 0 bridgehead atoms. The van der Waals surface area contributed by atoms with Crippen LogP contribution in [0.15, 0.2) is 27.6 Å². The second-order valence-electron chi connectivity index (χ2n) is 5.38. The van der Waals surface area contributed by atoms with Crippen LogP contribution in [0.3, 0.4) is 0 Å². The van der Waals surface area contributed by atoms with Gasteiger partial charge in [-0.1, -0.05) is 22.9 Å². The first-order valence-electron chi connectivity index (χ1n) is 7.42. The number of hydrogen-bond donors (Lipinski definition) is 1. The van der Waals surface area contributed by atoms with Crippen molar-refractivity contribution in [1.82, 2.24) is 9.62 Å². The van der Waals surface area contributed by atoms with Crippen LogP contribution in [-0.4, -0.2) is 38.4 Å². The summed E-state index contributed by atoms with van der Waals surface area (Å²) in [5.74, 6) is 0. The molecule has 128 valence electrons. The molecule has 1 aromatic rings. The van der Waals surface area contributed by atoms with Gasteiger partial charge >= 0.3 is 0 Å². The predicted octanol–water partition coefficient (Wildman–Crippen LogP) is 2.90. The largest absolute Gasteiger partial charge is 0.317 e. The first-order valence-corrected chi connectivity index (χ1v) is 9.65. The second kappa shape index (κ2) is 9.00. The van der Waals surface area contributed by atoms with Crippen molar-refractivity contribution in [3.05, 3.63) is 28.2 Å². The fourth-order valence-corrected chi connectivity index (χ4v) is 5.22. The van der Waals surface area contributed by atoms with E-state index in [9.17, 15) is 8.42 Å². The van der Waals surface area contributed by atoms with Gasteiger partial charge in [-0.3, -0.25) is 0 Å². The van der Waals surface area contributed by atoms with Crippen LogP contribution in [0.25, 0.3) is 0 Å². The molecule has 0 radical (unpaired) electrons. The highest BCUT2D eigenvalue weighted by molar-refractivity contribution is 9.10. The SMILES string of the molecule is CCCN(C1CCNCC1)S(=O)(=O)c1cc(Br)cc(C#N)c1.Cl. The van der Waals surface area contributed by atoms with Crippen molar-refractivity contribution in [2.45, 2.75) is 37.1 Å². The number of halogens is 2. The van der Waals surface area contributed by atoms with Crippen LogP contribution in [0.5, 0.6) is 0 Å². The van der Waals surface area contributed by atoms with Crippen LogP contribution in [0.4, 0.5) is 0 Å². The molecule has 0 unspecified atom stereocenters. The molecule has 5 nitrogen and oxygen atoms in total. The first kappa shape index (κ1) is 20.4. The van der Waals surface area contributed by atoms with Crippen LogP contribution in [0, 0.1) is 11.3 Å². The second-order valence-corrected chi connectivity index (χ2v) is 8.19. The lowest BCUT2D eigenvalue weighted by Crippen LogP contribution is -2.46. The monoisotopic (exact) mass is 421 g/mol. The molecule has 1 fully saturated rings. The lowest BCUT2D eigenvalue weighted by Gasteiger charge is -2.33. The third-order valence-corrected chi connectivity index (χ3v) is 6.15. The maximum atomic E-state index is 13.0. The number of nitriles is 1. The molecule has 1 aliphatic heterocycles. The topological polar surface area (TPSA) is 73.2 Å². The molecule has 1 N–H and O–H groups in total. The maximum absolute atomic E-state index is 13.0. The summed E-state index contributed by atoms with van der Waals surface area (Å²) in [7, 11) is -3.59. The smallest absolute Gasteiger partial charge is 0.243 e. The van der Waals surface area contributed by atoms with Gasteiger partial charge in [-0.05, 0) is 50.6 Å². The Kier molecular flexibility index (Phi) is 7.98. The molecule has 0 amide bonds. The van der Waals surface area contributed by atoms with E-state index in [1.54, 1.807) is 16.4 Å². The third-order valence-electron chi connectivity index (χ3n) is 3.77. The van der Waals surface area contributed by atoms with E-state index in [-0.39, 0.29) is 23.3 Å². The number of benzene rings is 1. The van der Waals surface area contributed by atoms with Crippen LogP contribution in [-0.2, 0) is 10.0 Å². The summed E-state index contributed by atoms with van der Waals surface area (Å²) in [5, 5.41) is 12.3. The van der Waals surface area contributed by atoms with E-state index in [1.165, 1.54) is 6.07 Å². The Balaban J connectivity index is 0.00000264. The molecule has 0 atom stereocenters. The van der Waals surface area contributed by atoms with E-state index < -0.39 is 10.0 Å². The van der Waals surface area contributed by atoms with E-state index >= 15 is 0 Å². The number of rotatable bonds is 5. The highest BCUT2D eigenvalue weighted by Gasteiger charge is 2.32. The van der Waals surface area contributed by atoms with Crippen molar-refractivity contribution in [2.24, 2.45) is 0 Å². The van der Waals surface area contributed by atoms with E-state index in [0.717, 1.165) is 32.4 Å². The molecular formula is C15H21BrClN3O2S. The molecular weight excluding hydrogens is 402 g/mol. The summed E-state index contributed by atoms with van der Waals surface area (Å²) < 4.78 is 28.2. The summed E-state index contributed by atoms with van der Waals surface area (Å²) in [5.41, 5.74) is 0.342. The fraction of sp³-hybridized carbons (Fsp3) is 0.533. The van der Waals surface area contributed by atoms with Gasteiger partial charge in [0.25, 0.3) is 0 Å². The molecule has 1 aliphatic rings. The first-order chi connectivity index (χ1) is 10.5. The Morgan fingerprint density at radius 1 is 1.35 bits per heavy atom. The third kappa shape index (κ3) is 4.91. The van der Waals surface area contributed by atoms with Crippen molar-refractivity contribution in [3.8, 4) is 6.07 Å². The Hall–Kier alpha value is -0.650. The molecule has 2 rings (SSSR count). The Labute approximate surface area is 152 Å². The summed E-state index contributed by atoms with van der Waals surface area (Å²) in [6, 6.07) is 6.67. The van der Waals surface area contributed by atoms with Crippen LogP contribution < -0.4 is 5.32 Å². The van der Waals surface area contributed by atoms with E-state index in [0.29, 0.717) is 16.6 Å². The van der Waals surface area contributed by atoms with Crippen molar-refractivity contribution in [3.63, 3.8) is 0 Å². The van der Waals surface area contributed by atoms with Gasteiger partial charge < -0.3 is 5.32 Å². The van der Waals surface area contributed by atoms with E-state index in [4.69, 9.17) is 5.26 Å². The van der Waals surface area contributed by atoms with Crippen molar-refractivity contribution in [2.75, 3.05) is 19.6 Å². The number of hydrogen-bond acceptors (Lipinski definition) is 4. The normalized spacial score (nSPS) is 15.9. The van der Waals surface area contributed by atoms with Gasteiger partial charge in [0.15, 0.2) is 0 Å². The average Bonchev–Trinajstić information content (AvgIpc) is 2.52. The van der Waals surface area contributed by atoms with Gasteiger partial charge in [-0.25, -0.2) is 8.42 Å². The molecule has 0 saturated carbocycles. The molecule has 1 heterocycles. The van der Waals surface area contributed by atoms with Gasteiger partial charge in [-0.2, -0.15) is 9.57 Å². The van der Waals surface area contributed by atoms with Gasteiger partial charge in [0.2, 0.25) is 10.0 Å². The number of nitrogens with one attached hydrogen (secondary N) is 1. The minimum atomic E-state index is -3.59. The number of nitrogens with zero attached hydrogens (tertiary/aromatic N) is 2. The lowest BCUT2D eigenvalue weighted by atomic mass is 10.1. The Bertz CT molecular complexity index is 670.